The number of carbonyl (C=O) groups is 1. The lowest BCUT2D eigenvalue weighted by Crippen LogP contribution is -2.14. The number of benzene rings is 2. The van der Waals surface area contributed by atoms with E-state index in [9.17, 15) is 4.79 Å². The van der Waals surface area contributed by atoms with Gasteiger partial charge in [0, 0.05) is 11.4 Å². The molecule has 0 aliphatic carbocycles. The molecule has 0 saturated carbocycles. The van der Waals surface area contributed by atoms with Crippen molar-refractivity contribution >= 4 is 45.5 Å². The third kappa shape index (κ3) is 4.83. The summed E-state index contributed by atoms with van der Waals surface area (Å²) in [6.07, 6.45) is 0. The van der Waals surface area contributed by atoms with Crippen LogP contribution in [0.3, 0.4) is 0 Å². The van der Waals surface area contributed by atoms with Gasteiger partial charge in [-0.2, -0.15) is 0 Å². The van der Waals surface area contributed by atoms with Gasteiger partial charge in [0.25, 0.3) is 0 Å². The summed E-state index contributed by atoms with van der Waals surface area (Å²) in [6, 6.07) is 14.0. The summed E-state index contributed by atoms with van der Waals surface area (Å²) in [5.74, 6) is 0.248. The number of amides is 1. The molecule has 5 nitrogen and oxygen atoms in total. The molecule has 0 fully saturated rings. The Morgan fingerprint density at radius 2 is 1.85 bits per heavy atom. The molecule has 1 heterocycles. The quantitative estimate of drug-likeness (QED) is 0.589. The lowest BCUT2D eigenvalue weighted by molar-refractivity contribution is -0.113. The second-order valence-electron chi connectivity index (χ2n) is 5.97. The number of hydrogen-bond acceptors (Lipinski definition) is 6. The summed E-state index contributed by atoms with van der Waals surface area (Å²) in [5.41, 5.74) is 5.24. The van der Waals surface area contributed by atoms with Crippen LogP contribution in [-0.2, 0) is 4.79 Å². The third-order valence-electron chi connectivity index (χ3n) is 3.78. The molecule has 0 radical (unpaired) electrons. The molecule has 3 aromatic rings. The molecule has 0 aliphatic rings. The van der Waals surface area contributed by atoms with Crippen molar-refractivity contribution in [2.24, 2.45) is 0 Å². The van der Waals surface area contributed by atoms with Crippen molar-refractivity contribution in [3.63, 3.8) is 0 Å². The number of para-hydroxylation sites is 1. The van der Waals surface area contributed by atoms with E-state index in [2.05, 4.69) is 26.9 Å². The van der Waals surface area contributed by atoms with Crippen LogP contribution in [0.5, 0.6) is 0 Å². The molecule has 0 aliphatic heterocycles. The van der Waals surface area contributed by atoms with Crippen LogP contribution in [0.15, 0.2) is 46.8 Å². The Labute approximate surface area is 161 Å². The van der Waals surface area contributed by atoms with Gasteiger partial charge >= 0.3 is 0 Å². The molecule has 0 bridgehead atoms. The highest BCUT2D eigenvalue weighted by molar-refractivity contribution is 8.01. The number of rotatable bonds is 6. The molecule has 0 atom stereocenters. The van der Waals surface area contributed by atoms with E-state index < -0.39 is 0 Å². The number of anilines is 3. The van der Waals surface area contributed by atoms with Gasteiger partial charge in [0.2, 0.25) is 11.0 Å². The van der Waals surface area contributed by atoms with Gasteiger partial charge in [-0.3, -0.25) is 4.79 Å². The van der Waals surface area contributed by atoms with Gasteiger partial charge in [-0.15, -0.1) is 10.2 Å². The molecule has 1 amide bonds. The molecule has 2 N–H and O–H groups in total. The van der Waals surface area contributed by atoms with E-state index in [1.807, 2.05) is 57.2 Å². The molecule has 134 valence electrons. The zero-order valence-electron chi connectivity index (χ0n) is 14.9. The highest BCUT2D eigenvalue weighted by Crippen LogP contribution is 2.28. The monoisotopic (exact) mass is 384 g/mol. The van der Waals surface area contributed by atoms with Gasteiger partial charge in [0.15, 0.2) is 4.34 Å². The minimum atomic E-state index is -0.0504. The molecule has 0 unspecified atom stereocenters. The lowest BCUT2D eigenvalue weighted by atomic mass is 10.1. The van der Waals surface area contributed by atoms with Crippen LogP contribution in [0, 0.1) is 20.8 Å². The highest BCUT2D eigenvalue weighted by atomic mass is 32.2. The van der Waals surface area contributed by atoms with Crippen LogP contribution in [-0.4, -0.2) is 21.9 Å². The van der Waals surface area contributed by atoms with Crippen LogP contribution in [0.2, 0.25) is 0 Å². The number of aromatic nitrogens is 2. The van der Waals surface area contributed by atoms with Gasteiger partial charge in [0.1, 0.15) is 0 Å². The summed E-state index contributed by atoms with van der Waals surface area (Å²) in [5, 5.41) is 15.2. The SMILES string of the molecule is Cc1ccc(NC(=O)CSc2nnc(Nc3ccccc3C)s2)c(C)c1. The summed E-state index contributed by atoms with van der Waals surface area (Å²) >= 11 is 2.82. The number of aryl methyl sites for hydroxylation is 3. The molecule has 0 saturated heterocycles. The van der Waals surface area contributed by atoms with Crippen LogP contribution in [0.25, 0.3) is 0 Å². The van der Waals surface area contributed by atoms with Gasteiger partial charge < -0.3 is 10.6 Å². The largest absolute Gasteiger partial charge is 0.330 e. The Morgan fingerprint density at radius 1 is 1.04 bits per heavy atom. The second-order valence-corrected chi connectivity index (χ2v) is 8.17. The molecule has 7 heteroatoms. The Balaban J connectivity index is 1.54. The van der Waals surface area contributed by atoms with Crippen molar-refractivity contribution in [3.05, 3.63) is 59.2 Å². The highest BCUT2D eigenvalue weighted by Gasteiger charge is 2.10. The maximum atomic E-state index is 12.2. The fourth-order valence-corrected chi connectivity index (χ4v) is 3.98. The molecule has 2 aromatic carbocycles. The van der Waals surface area contributed by atoms with Crippen LogP contribution >= 0.6 is 23.1 Å². The standard InChI is InChI=1S/C19H20N4OS2/c1-12-8-9-16(14(3)10-12)20-17(24)11-25-19-23-22-18(26-19)21-15-7-5-4-6-13(15)2/h4-10H,11H2,1-3H3,(H,20,24)(H,21,22). The first-order valence-electron chi connectivity index (χ1n) is 8.17. The first kappa shape index (κ1) is 18.4. The minimum absolute atomic E-state index is 0.0504. The predicted octanol–water partition coefficient (Wildman–Crippen LogP) is 4.94. The van der Waals surface area contributed by atoms with Crippen molar-refractivity contribution in [2.45, 2.75) is 25.1 Å². The van der Waals surface area contributed by atoms with Gasteiger partial charge in [-0.1, -0.05) is 59.0 Å². The number of nitrogens with zero attached hydrogens (tertiary/aromatic N) is 2. The maximum absolute atomic E-state index is 12.2. The Hall–Kier alpha value is -2.38. The van der Waals surface area contributed by atoms with Crippen molar-refractivity contribution < 1.29 is 4.79 Å². The molecule has 0 spiro atoms. The van der Waals surface area contributed by atoms with E-state index in [-0.39, 0.29) is 5.91 Å². The van der Waals surface area contributed by atoms with E-state index in [1.54, 1.807) is 0 Å². The third-order valence-corrected chi connectivity index (χ3v) is 5.75. The fraction of sp³-hybridized carbons (Fsp3) is 0.211. The normalized spacial score (nSPS) is 10.6. The zero-order chi connectivity index (χ0) is 18.5. The van der Waals surface area contributed by atoms with E-state index >= 15 is 0 Å². The van der Waals surface area contributed by atoms with Gasteiger partial charge in [0.05, 0.1) is 5.75 Å². The summed E-state index contributed by atoms with van der Waals surface area (Å²) < 4.78 is 0.761. The van der Waals surface area contributed by atoms with Crippen molar-refractivity contribution in [1.82, 2.24) is 10.2 Å². The summed E-state index contributed by atoms with van der Waals surface area (Å²) in [4.78, 5) is 12.2. The average Bonchev–Trinajstić information content (AvgIpc) is 3.05. The molecule has 3 rings (SSSR count). The van der Waals surface area contributed by atoms with Crippen LogP contribution in [0.1, 0.15) is 16.7 Å². The Morgan fingerprint density at radius 3 is 2.62 bits per heavy atom. The Bertz CT molecular complexity index is 923. The number of carbonyl (C=O) groups excluding carboxylic acids is 1. The average molecular weight is 385 g/mol. The Kier molecular flexibility index (Phi) is 5.90. The van der Waals surface area contributed by atoms with Crippen LogP contribution in [0.4, 0.5) is 16.5 Å². The fourth-order valence-electron chi connectivity index (χ4n) is 2.41. The van der Waals surface area contributed by atoms with E-state index in [0.29, 0.717) is 5.75 Å². The summed E-state index contributed by atoms with van der Waals surface area (Å²) in [7, 11) is 0. The van der Waals surface area contributed by atoms with Crippen molar-refractivity contribution in [2.75, 3.05) is 16.4 Å². The van der Waals surface area contributed by atoms with Gasteiger partial charge in [-0.25, -0.2) is 0 Å². The topological polar surface area (TPSA) is 66.9 Å². The van der Waals surface area contributed by atoms with Crippen LogP contribution < -0.4 is 10.6 Å². The van der Waals surface area contributed by atoms with E-state index in [0.717, 1.165) is 32.0 Å². The number of hydrogen-bond donors (Lipinski definition) is 2. The second kappa shape index (κ2) is 8.33. The number of thioether (sulfide) groups is 1. The molecular weight excluding hydrogens is 364 g/mol. The summed E-state index contributed by atoms with van der Waals surface area (Å²) in [6.45, 7) is 6.06. The van der Waals surface area contributed by atoms with Crippen molar-refractivity contribution in [1.29, 1.82) is 0 Å². The zero-order valence-corrected chi connectivity index (χ0v) is 16.5. The molecule has 26 heavy (non-hydrogen) atoms. The predicted molar refractivity (Wildman–Crippen MR) is 110 cm³/mol. The van der Waals surface area contributed by atoms with Gasteiger partial charge in [-0.05, 0) is 44.0 Å². The lowest BCUT2D eigenvalue weighted by Gasteiger charge is -2.08. The van der Waals surface area contributed by atoms with E-state index in [1.165, 1.54) is 28.7 Å². The first-order valence-corrected chi connectivity index (χ1v) is 9.97. The maximum Gasteiger partial charge on any atom is 0.234 e. The first-order chi connectivity index (χ1) is 12.5. The molecule has 1 aromatic heterocycles. The molecular formula is C19H20N4OS2. The van der Waals surface area contributed by atoms with E-state index in [4.69, 9.17) is 0 Å². The smallest absolute Gasteiger partial charge is 0.234 e. The number of nitrogens with one attached hydrogen (secondary N) is 2. The van der Waals surface area contributed by atoms with Crippen molar-refractivity contribution in [3.8, 4) is 0 Å². The minimum Gasteiger partial charge on any atom is -0.330 e.